The van der Waals surface area contributed by atoms with Crippen molar-refractivity contribution in [3.05, 3.63) is 36.4 Å². The van der Waals surface area contributed by atoms with Crippen molar-refractivity contribution in [2.45, 2.75) is 6.42 Å². The maximum absolute atomic E-state index is 13.0. The van der Waals surface area contributed by atoms with Gasteiger partial charge in [-0.25, -0.2) is 4.98 Å². The van der Waals surface area contributed by atoms with E-state index in [1.807, 2.05) is 18.2 Å². The molecule has 0 bridgehead atoms. The Balaban J connectivity index is 1.28. The number of amides is 2. The average molecular weight is 483 g/mol. The minimum atomic E-state index is -0.458. The summed E-state index contributed by atoms with van der Waals surface area (Å²) >= 11 is 1.60. The van der Waals surface area contributed by atoms with Gasteiger partial charge in [-0.2, -0.15) is 0 Å². The van der Waals surface area contributed by atoms with Crippen molar-refractivity contribution < 1.29 is 23.8 Å². The number of nitrogens with one attached hydrogen (secondary N) is 1. The molecule has 9 nitrogen and oxygen atoms in total. The van der Waals surface area contributed by atoms with Crippen LogP contribution in [-0.4, -0.2) is 63.9 Å². The number of hydrogen-bond donors (Lipinski definition) is 1. The van der Waals surface area contributed by atoms with Gasteiger partial charge in [0.15, 0.2) is 5.13 Å². The first-order valence-electron chi connectivity index (χ1n) is 11.1. The fraction of sp³-hybridized carbons (Fsp3) is 0.375. The third kappa shape index (κ3) is 4.38. The molecule has 10 heteroatoms. The molecule has 5 rings (SSSR count). The maximum Gasteiger partial charge on any atom is 0.229 e. The van der Waals surface area contributed by atoms with Crippen molar-refractivity contribution in [3.8, 4) is 11.5 Å². The van der Waals surface area contributed by atoms with Gasteiger partial charge in [0.2, 0.25) is 11.8 Å². The molecule has 178 valence electrons. The fourth-order valence-corrected chi connectivity index (χ4v) is 5.30. The van der Waals surface area contributed by atoms with Crippen LogP contribution in [0.5, 0.6) is 11.5 Å². The normalized spacial score (nSPS) is 18.4. The van der Waals surface area contributed by atoms with E-state index in [-0.39, 0.29) is 24.8 Å². The molecule has 1 aromatic heterocycles. The SMILES string of the molecule is COc1ccc(N2C[C@H](C(=O)Nc3ccc4nc(N5CCOCC5)sc4c3)CC2=O)c(OC)c1. The van der Waals surface area contributed by atoms with Crippen LogP contribution in [0.25, 0.3) is 10.2 Å². The quantitative estimate of drug-likeness (QED) is 0.577. The molecule has 0 aliphatic carbocycles. The van der Waals surface area contributed by atoms with Gasteiger partial charge in [0.05, 0.1) is 49.3 Å². The zero-order valence-corrected chi connectivity index (χ0v) is 19.9. The van der Waals surface area contributed by atoms with Crippen LogP contribution in [-0.2, 0) is 14.3 Å². The second kappa shape index (κ2) is 9.47. The van der Waals surface area contributed by atoms with Crippen LogP contribution in [0, 0.1) is 5.92 Å². The smallest absolute Gasteiger partial charge is 0.229 e. The Morgan fingerprint density at radius 2 is 1.97 bits per heavy atom. The van der Waals surface area contributed by atoms with Crippen molar-refractivity contribution in [3.63, 3.8) is 0 Å². The van der Waals surface area contributed by atoms with E-state index in [2.05, 4.69) is 10.2 Å². The van der Waals surface area contributed by atoms with Crippen LogP contribution < -0.4 is 24.6 Å². The summed E-state index contributed by atoms with van der Waals surface area (Å²) in [6.45, 7) is 3.36. The third-order valence-corrected chi connectivity index (χ3v) is 7.18. The Morgan fingerprint density at radius 3 is 2.74 bits per heavy atom. The van der Waals surface area contributed by atoms with Crippen LogP contribution in [0.2, 0.25) is 0 Å². The molecule has 2 amide bonds. The van der Waals surface area contributed by atoms with E-state index in [1.165, 1.54) is 0 Å². The second-order valence-corrected chi connectivity index (χ2v) is 9.22. The molecule has 2 fully saturated rings. The van der Waals surface area contributed by atoms with Gasteiger partial charge < -0.3 is 29.3 Å². The summed E-state index contributed by atoms with van der Waals surface area (Å²) in [5.74, 6) is 0.412. The van der Waals surface area contributed by atoms with Gasteiger partial charge in [-0.1, -0.05) is 11.3 Å². The molecule has 2 aliphatic rings. The number of thiazole rings is 1. The largest absolute Gasteiger partial charge is 0.497 e. The van der Waals surface area contributed by atoms with Gasteiger partial charge in [0.25, 0.3) is 0 Å². The highest BCUT2D eigenvalue weighted by Gasteiger charge is 2.36. The number of hydrogen-bond acceptors (Lipinski definition) is 8. The number of morpholine rings is 1. The van der Waals surface area contributed by atoms with Crippen LogP contribution in [0.1, 0.15) is 6.42 Å². The monoisotopic (exact) mass is 482 g/mol. The molecule has 2 saturated heterocycles. The summed E-state index contributed by atoms with van der Waals surface area (Å²) in [5, 5.41) is 3.95. The van der Waals surface area contributed by atoms with E-state index in [0.29, 0.717) is 36.1 Å². The molecule has 0 radical (unpaired) electrons. The van der Waals surface area contributed by atoms with Gasteiger partial charge >= 0.3 is 0 Å². The summed E-state index contributed by atoms with van der Waals surface area (Å²) < 4.78 is 17.1. The molecule has 34 heavy (non-hydrogen) atoms. The van der Waals surface area contributed by atoms with Crippen LogP contribution in [0.3, 0.4) is 0 Å². The average Bonchev–Trinajstić information content (AvgIpc) is 3.47. The first-order chi connectivity index (χ1) is 16.6. The highest BCUT2D eigenvalue weighted by Crippen LogP contribution is 2.36. The summed E-state index contributed by atoms with van der Waals surface area (Å²) in [7, 11) is 3.12. The van der Waals surface area contributed by atoms with Gasteiger partial charge in [-0.05, 0) is 30.3 Å². The number of methoxy groups -OCH3 is 2. The minimum absolute atomic E-state index is 0.114. The Bertz CT molecular complexity index is 1220. The topological polar surface area (TPSA) is 93.2 Å². The summed E-state index contributed by atoms with van der Waals surface area (Å²) in [4.78, 5) is 34.3. The number of benzene rings is 2. The van der Waals surface area contributed by atoms with Crippen molar-refractivity contribution >= 4 is 49.9 Å². The Morgan fingerprint density at radius 1 is 1.15 bits per heavy atom. The zero-order valence-electron chi connectivity index (χ0n) is 19.1. The molecule has 1 N–H and O–H groups in total. The van der Waals surface area contributed by atoms with Gasteiger partial charge in [0.1, 0.15) is 11.5 Å². The van der Waals surface area contributed by atoms with Gasteiger partial charge in [-0.15, -0.1) is 0 Å². The predicted molar refractivity (Wildman–Crippen MR) is 131 cm³/mol. The van der Waals surface area contributed by atoms with Crippen LogP contribution in [0.4, 0.5) is 16.5 Å². The van der Waals surface area contributed by atoms with Gasteiger partial charge in [-0.3, -0.25) is 9.59 Å². The fourth-order valence-electron chi connectivity index (χ4n) is 4.25. The Hall–Kier alpha value is -3.37. The Labute approximate surface area is 201 Å². The van der Waals surface area contributed by atoms with E-state index in [0.717, 1.165) is 28.4 Å². The predicted octanol–water partition coefficient (Wildman–Crippen LogP) is 3.14. The van der Waals surface area contributed by atoms with Crippen molar-refractivity contribution in [1.29, 1.82) is 0 Å². The molecule has 0 saturated carbocycles. The zero-order chi connectivity index (χ0) is 23.7. The molecule has 0 spiro atoms. The van der Waals surface area contributed by atoms with E-state index in [4.69, 9.17) is 19.2 Å². The number of nitrogens with zero attached hydrogens (tertiary/aromatic N) is 3. The van der Waals surface area contributed by atoms with Crippen LogP contribution >= 0.6 is 11.3 Å². The number of ether oxygens (including phenoxy) is 3. The highest BCUT2D eigenvalue weighted by molar-refractivity contribution is 7.22. The standard InChI is InChI=1S/C24H26N4O5S/c1-31-17-4-6-19(20(13-17)32-2)28-14-15(11-22(28)29)23(30)25-16-3-5-18-21(12-16)34-24(26-18)27-7-9-33-10-8-27/h3-6,12-13,15H,7-11,14H2,1-2H3,(H,25,30)/t15-/m1/s1. The van der Waals surface area contributed by atoms with E-state index in [9.17, 15) is 9.59 Å². The van der Waals surface area contributed by atoms with E-state index < -0.39 is 5.92 Å². The summed E-state index contributed by atoms with van der Waals surface area (Å²) in [5.41, 5.74) is 2.23. The molecular weight excluding hydrogens is 456 g/mol. The number of carbonyl (C=O) groups excluding carboxylic acids is 2. The molecule has 2 aromatic carbocycles. The maximum atomic E-state index is 13.0. The lowest BCUT2D eigenvalue weighted by Gasteiger charge is -2.25. The molecule has 0 unspecified atom stereocenters. The lowest BCUT2D eigenvalue weighted by molar-refractivity contribution is -0.122. The van der Waals surface area contributed by atoms with Crippen molar-refractivity contribution in [2.24, 2.45) is 5.92 Å². The van der Waals surface area contributed by atoms with E-state index >= 15 is 0 Å². The van der Waals surface area contributed by atoms with Crippen molar-refractivity contribution in [1.82, 2.24) is 4.98 Å². The third-order valence-electron chi connectivity index (χ3n) is 6.10. The highest BCUT2D eigenvalue weighted by atomic mass is 32.1. The lowest BCUT2D eigenvalue weighted by Crippen LogP contribution is -2.36. The molecule has 3 aromatic rings. The number of aromatic nitrogens is 1. The molecular formula is C24H26N4O5S. The first-order valence-corrected chi connectivity index (χ1v) is 11.9. The van der Waals surface area contributed by atoms with E-state index in [1.54, 1.807) is 48.7 Å². The Kier molecular flexibility index (Phi) is 6.25. The molecule has 3 heterocycles. The molecule has 2 aliphatic heterocycles. The number of fused-ring (bicyclic) bond motifs is 1. The summed E-state index contributed by atoms with van der Waals surface area (Å²) in [6.07, 6.45) is 0.144. The number of carbonyl (C=O) groups is 2. The lowest BCUT2D eigenvalue weighted by atomic mass is 10.1. The van der Waals surface area contributed by atoms with Crippen molar-refractivity contribution in [2.75, 3.05) is 62.2 Å². The number of rotatable bonds is 6. The first kappa shape index (κ1) is 22.4. The van der Waals surface area contributed by atoms with Crippen LogP contribution in [0.15, 0.2) is 36.4 Å². The molecule has 1 atom stereocenters. The number of anilines is 3. The summed E-state index contributed by atoms with van der Waals surface area (Å²) in [6, 6.07) is 11.0. The minimum Gasteiger partial charge on any atom is -0.497 e. The second-order valence-electron chi connectivity index (χ2n) is 8.21. The van der Waals surface area contributed by atoms with Gasteiger partial charge in [0, 0.05) is 37.8 Å².